The maximum Gasteiger partial charge on any atom is 0.267 e. The molecule has 2 aromatic rings. The molecule has 0 spiro atoms. The molecule has 2 saturated heterocycles. The predicted molar refractivity (Wildman–Crippen MR) is 116 cm³/mol. The lowest BCUT2D eigenvalue weighted by Gasteiger charge is -2.27. The van der Waals surface area contributed by atoms with Gasteiger partial charge in [-0.1, -0.05) is 0 Å². The molecule has 0 aromatic carbocycles. The number of morpholine rings is 1. The average molecular weight is 455 g/mol. The predicted octanol–water partition coefficient (Wildman–Crippen LogP) is 1.97. The number of rotatable bonds is 5. The summed E-state index contributed by atoms with van der Waals surface area (Å²) >= 11 is 2.86. The number of anilines is 2. The normalized spacial score (nSPS) is 18.6. The minimum Gasteiger partial charge on any atom is -0.378 e. The van der Waals surface area contributed by atoms with Gasteiger partial charge in [-0.25, -0.2) is 13.4 Å². The molecule has 0 unspecified atom stereocenters. The van der Waals surface area contributed by atoms with Gasteiger partial charge in [0.05, 0.1) is 25.1 Å². The number of thiophene rings is 1. The van der Waals surface area contributed by atoms with E-state index in [-0.39, 0.29) is 9.77 Å². The van der Waals surface area contributed by atoms with Crippen molar-refractivity contribution in [2.24, 2.45) is 0 Å². The molecule has 4 rings (SSSR count). The molecule has 1 amide bonds. The Morgan fingerprint density at radius 1 is 1.10 bits per heavy atom. The molecular weight excluding hydrogens is 432 g/mol. The monoisotopic (exact) mass is 454 g/mol. The Labute approximate surface area is 178 Å². The van der Waals surface area contributed by atoms with Crippen LogP contribution in [0.15, 0.2) is 34.7 Å². The number of carbonyl (C=O) groups excluding carboxylic acids is 1. The number of amides is 1. The van der Waals surface area contributed by atoms with Gasteiger partial charge in [0.15, 0.2) is 0 Å². The molecular formula is C18H22N4O4S3. The number of pyridine rings is 1. The fourth-order valence-corrected chi connectivity index (χ4v) is 7.09. The third kappa shape index (κ3) is 4.58. The number of nitrogens with zero attached hydrogens (tertiary/aromatic N) is 3. The van der Waals surface area contributed by atoms with Crippen LogP contribution < -0.4 is 10.2 Å². The number of ether oxygens (including phenoxy) is 1. The summed E-state index contributed by atoms with van der Waals surface area (Å²) in [7, 11) is -3.67. The van der Waals surface area contributed by atoms with Gasteiger partial charge in [-0.15, -0.1) is 11.3 Å². The summed E-state index contributed by atoms with van der Waals surface area (Å²) in [6.45, 7) is 3.85. The first-order valence-electron chi connectivity index (χ1n) is 9.31. The lowest BCUT2D eigenvalue weighted by Crippen LogP contribution is -2.38. The number of carbonyl (C=O) groups is 1. The minimum absolute atomic E-state index is 0.0739. The van der Waals surface area contributed by atoms with Crippen molar-refractivity contribution in [2.45, 2.75) is 4.90 Å². The van der Waals surface area contributed by atoms with Crippen LogP contribution in [0.4, 0.5) is 11.5 Å². The highest BCUT2D eigenvalue weighted by Gasteiger charge is 2.31. The molecule has 2 aliphatic heterocycles. The van der Waals surface area contributed by atoms with Crippen LogP contribution in [0.25, 0.3) is 0 Å². The first-order valence-corrected chi connectivity index (χ1v) is 12.8. The Morgan fingerprint density at radius 3 is 2.55 bits per heavy atom. The molecule has 0 saturated carbocycles. The lowest BCUT2D eigenvalue weighted by molar-refractivity contribution is 0.102. The summed E-state index contributed by atoms with van der Waals surface area (Å²) in [5.41, 5.74) is 0.526. The number of nitrogens with one attached hydrogen (secondary N) is 1. The number of sulfonamides is 1. The Kier molecular flexibility index (Phi) is 6.40. The Morgan fingerprint density at radius 2 is 1.86 bits per heavy atom. The highest BCUT2D eigenvalue weighted by molar-refractivity contribution is 7.99. The molecule has 0 aliphatic carbocycles. The summed E-state index contributed by atoms with van der Waals surface area (Å²) in [5, 5.41) is 4.41. The summed E-state index contributed by atoms with van der Waals surface area (Å²) in [5.74, 6) is 1.93. The molecule has 29 heavy (non-hydrogen) atoms. The van der Waals surface area contributed by atoms with E-state index < -0.39 is 15.9 Å². The van der Waals surface area contributed by atoms with Gasteiger partial charge < -0.3 is 15.0 Å². The lowest BCUT2D eigenvalue weighted by atomic mass is 10.3. The van der Waals surface area contributed by atoms with E-state index in [2.05, 4.69) is 15.2 Å². The van der Waals surface area contributed by atoms with Crippen LogP contribution in [0, 0.1) is 0 Å². The zero-order valence-corrected chi connectivity index (χ0v) is 18.2. The second-order valence-electron chi connectivity index (χ2n) is 6.59. The zero-order chi connectivity index (χ0) is 20.3. The summed E-state index contributed by atoms with van der Waals surface area (Å²) in [6, 6.07) is 5.13. The minimum atomic E-state index is -3.67. The number of hydrogen-bond donors (Lipinski definition) is 1. The van der Waals surface area contributed by atoms with Crippen LogP contribution >= 0.6 is 23.1 Å². The van der Waals surface area contributed by atoms with E-state index in [1.54, 1.807) is 29.4 Å². The molecule has 0 radical (unpaired) electrons. The molecule has 0 bridgehead atoms. The molecule has 2 aliphatic rings. The van der Waals surface area contributed by atoms with Crippen LogP contribution in [0.1, 0.15) is 9.67 Å². The van der Waals surface area contributed by atoms with Gasteiger partial charge in [0, 0.05) is 37.7 Å². The first kappa shape index (κ1) is 20.6. The van der Waals surface area contributed by atoms with Crippen molar-refractivity contribution in [1.29, 1.82) is 0 Å². The van der Waals surface area contributed by atoms with Crippen LogP contribution in [-0.2, 0) is 14.8 Å². The zero-order valence-electron chi connectivity index (χ0n) is 15.7. The highest BCUT2D eigenvalue weighted by atomic mass is 32.2. The third-order valence-corrected chi connectivity index (χ3v) is 8.69. The number of hydrogen-bond acceptors (Lipinski definition) is 8. The van der Waals surface area contributed by atoms with Crippen LogP contribution in [0.2, 0.25) is 0 Å². The van der Waals surface area contributed by atoms with E-state index in [1.807, 2.05) is 6.07 Å². The van der Waals surface area contributed by atoms with Crippen LogP contribution in [-0.4, -0.2) is 74.5 Å². The molecule has 2 fully saturated rings. The van der Waals surface area contributed by atoms with Gasteiger partial charge in [0.2, 0.25) is 10.0 Å². The topological polar surface area (TPSA) is 91.8 Å². The molecule has 156 valence electrons. The third-order valence-electron chi connectivity index (χ3n) is 4.76. The summed E-state index contributed by atoms with van der Waals surface area (Å²) in [6.07, 6.45) is 1.59. The summed E-state index contributed by atoms with van der Waals surface area (Å²) < 4.78 is 32.7. The maximum absolute atomic E-state index is 13.0. The van der Waals surface area contributed by atoms with Gasteiger partial charge in [-0.05, 0) is 23.6 Å². The second kappa shape index (κ2) is 9.00. The van der Waals surface area contributed by atoms with Crippen molar-refractivity contribution in [2.75, 3.05) is 61.1 Å². The standard InChI is InChI=1S/C18H22N4O4S3/c23-18(20-14-1-2-16(19-13-14)21-4-8-26-9-5-21)17-15(3-10-28-17)29(24,25)22-6-11-27-12-7-22/h1-3,10,13H,4-9,11-12H2,(H,20,23). The summed E-state index contributed by atoms with van der Waals surface area (Å²) in [4.78, 5) is 19.6. The Hall–Kier alpha value is -1.66. The Balaban J connectivity index is 1.47. The smallest absolute Gasteiger partial charge is 0.267 e. The Bertz CT molecular complexity index is 950. The molecule has 2 aromatic heterocycles. The highest BCUT2D eigenvalue weighted by Crippen LogP contribution is 2.28. The van der Waals surface area contributed by atoms with Crippen LogP contribution in [0.3, 0.4) is 0 Å². The van der Waals surface area contributed by atoms with Gasteiger partial charge in [0.1, 0.15) is 15.6 Å². The van der Waals surface area contributed by atoms with Crippen molar-refractivity contribution in [3.05, 3.63) is 34.7 Å². The number of thioether (sulfide) groups is 1. The SMILES string of the molecule is O=C(Nc1ccc(N2CCOCC2)nc1)c1sccc1S(=O)(=O)N1CCSCC1. The largest absolute Gasteiger partial charge is 0.378 e. The first-order chi connectivity index (χ1) is 14.1. The fraction of sp³-hybridized carbons (Fsp3) is 0.444. The average Bonchev–Trinajstić information content (AvgIpc) is 3.27. The fourth-order valence-electron chi connectivity index (χ4n) is 3.22. The van der Waals surface area contributed by atoms with Gasteiger partial charge in [-0.3, -0.25) is 4.79 Å². The van der Waals surface area contributed by atoms with E-state index >= 15 is 0 Å². The van der Waals surface area contributed by atoms with Crippen molar-refractivity contribution >= 4 is 50.5 Å². The van der Waals surface area contributed by atoms with E-state index in [0.29, 0.717) is 32.0 Å². The van der Waals surface area contributed by atoms with Crippen molar-refractivity contribution in [3.8, 4) is 0 Å². The molecule has 4 heterocycles. The van der Waals surface area contributed by atoms with Crippen molar-refractivity contribution < 1.29 is 17.9 Å². The van der Waals surface area contributed by atoms with E-state index in [0.717, 1.165) is 41.7 Å². The van der Waals surface area contributed by atoms with E-state index in [9.17, 15) is 13.2 Å². The second-order valence-corrected chi connectivity index (χ2v) is 10.6. The van der Waals surface area contributed by atoms with E-state index in [4.69, 9.17) is 4.74 Å². The van der Waals surface area contributed by atoms with Gasteiger partial charge >= 0.3 is 0 Å². The molecule has 1 N–H and O–H groups in total. The van der Waals surface area contributed by atoms with Crippen LogP contribution in [0.5, 0.6) is 0 Å². The number of aromatic nitrogens is 1. The molecule has 11 heteroatoms. The van der Waals surface area contributed by atoms with Gasteiger partial charge in [0.25, 0.3) is 5.91 Å². The van der Waals surface area contributed by atoms with E-state index in [1.165, 1.54) is 10.4 Å². The van der Waals surface area contributed by atoms with Crippen molar-refractivity contribution in [1.82, 2.24) is 9.29 Å². The van der Waals surface area contributed by atoms with Crippen molar-refractivity contribution in [3.63, 3.8) is 0 Å². The molecule has 8 nitrogen and oxygen atoms in total. The maximum atomic E-state index is 13.0. The molecule has 0 atom stereocenters. The quantitative estimate of drug-likeness (QED) is 0.738. The van der Waals surface area contributed by atoms with Gasteiger partial charge in [-0.2, -0.15) is 16.1 Å².